The maximum absolute atomic E-state index is 10.2. The zero-order valence-corrected chi connectivity index (χ0v) is 9.46. The number of aryl methyl sites for hydroxylation is 1. The van der Waals surface area contributed by atoms with Crippen LogP contribution in [0.2, 0.25) is 19.6 Å². The highest BCUT2D eigenvalue weighted by molar-refractivity contribution is 6.87. The lowest BCUT2D eigenvalue weighted by Crippen LogP contribution is -2.36. The Morgan fingerprint density at radius 1 is 1.46 bits per heavy atom. The third kappa shape index (κ3) is 2.84. The van der Waals surface area contributed by atoms with Crippen molar-refractivity contribution in [3.8, 4) is 0 Å². The molecule has 0 fully saturated rings. The van der Waals surface area contributed by atoms with Crippen LogP contribution < -0.4 is 5.38 Å². The Morgan fingerprint density at radius 2 is 2.15 bits per heavy atom. The van der Waals surface area contributed by atoms with E-state index in [0.29, 0.717) is 6.42 Å². The quantitative estimate of drug-likeness (QED) is 0.544. The molecule has 0 atom stereocenters. The molecule has 0 aromatic carbocycles. The number of hydrogen-bond acceptors (Lipinski definition) is 2. The lowest BCUT2D eigenvalue weighted by atomic mass is 10.2. The van der Waals surface area contributed by atoms with Gasteiger partial charge in [-0.1, -0.05) is 19.6 Å². The van der Waals surface area contributed by atoms with Gasteiger partial charge in [0.1, 0.15) is 14.4 Å². The fourth-order valence-electron chi connectivity index (χ4n) is 1.13. The van der Waals surface area contributed by atoms with E-state index in [0.717, 1.165) is 23.7 Å². The van der Waals surface area contributed by atoms with Crippen LogP contribution in [0, 0.1) is 0 Å². The molecule has 3 heteroatoms. The van der Waals surface area contributed by atoms with Gasteiger partial charge in [0, 0.05) is 6.42 Å². The van der Waals surface area contributed by atoms with Gasteiger partial charge in [-0.2, -0.15) is 0 Å². The molecule has 0 spiro atoms. The van der Waals surface area contributed by atoms with Crippen molar-refractivity contribution in [2.75, 3.05) is 0 Å². The third-order valence-electron chi connectivity index (χ3n) is 1.94. The van der Waals surface area contributed by atoms with Crippen LogP contribution in [-0.4, -0.2) is 14.4 Å². The predicted octanol–water partition coefficient (Wildman–Crippen LogP) is 1.96. The van der Waals surface area contributed by atoms with Crippen LogP contribution in [0.1, 0.15) is 12.0 Å². The van der Waals surface area contributed by atoms with Gasteiger partial charge < -0.3 is 9.21 Å². The predicted molar refractivity (Wildman–Crippen MR) is 56.1 cm³/mol. The van der Waals surface area contributed by atoms with Crippen molar-refractivity contribution < 1.29 is 9.21 Å². The minimum Gasteiger partial charge on any atom is -0.474 e. The Morgan fingerprint density at radius 3 is 2.62 bits per heavy atom. The molecule has 0 N–H and O–H groups in total. The smallest absolute Gasteiger partial charge is 0.123 e. The Kier molecular flexibility index (Phi) is 3.09. The zero-order valence-electron chi connectivity index (χ0n) is 8.46. The van der Waals surface area contributed by atoms with E-state index in [1.807, 2.05) is 0 Å². The minimum absolute atomic E-state index is 0.588. The number of rotatable bonds is 4. The van der Waals surface area contributed by atoms with Gasteiger partial charge in [-0.15, -0.1) is 0 Å². The molecule has 0 unspecified atom stereocenters. The fraction of sp³-hybridized carbons (Fsp3) is 0.500. The molecule has 2 nitrogen and oxygen atoms in total. The van der Waals surface area contributed by atoms with Crippen LogP contribution >= 0.6 is 0 Å². The van der Waals surface area contributed by atoms with Gasteiger partial charge in [0.25, 0.3) is 0 Å². The van der Waals surface area contributed by atoms with E-state index in [9.17, 15) is 4.79 Å². The second kappa shape index (κ2) is 3.92. The van der Waals surface area contributed by atoms with Crippen molar-refractivity contribution >= 4 is 19.7 Å². The molecule has 1 heterocycles. The molecule has 72 valence electrons. The van der Waals surface area contributed by atoms with Crippen LogP contribution in [0.25, 0.3) is 0 Å². The molecule has 1 rings (SSSR count). The van der Waals surface area contributed by atoms with Crippen molar-refractivity contribution in [3.05, 3.63) is 17.9 Å². The second-order valence-electron chi connectivity index (χ2n) is 4.27. The van der Waals surface area contributed by atoms with Crippen molar-refractivity contribution in [2.24, 2.45) is 0 Å². The van der Waals surface area contributed by atoms with E-state index in [2.05, 4.69) is 25.7 Å². The normalized spacial score (nSPS) is 11.6. The Balaban J connectivity index is 2.69. The number of carbonyl (C=O) groups is 1. The average Bonchev–Trinajstić information content (AvgIpc) is 2.47. The lowest BCUT2D eigenvalue weighted by Gasteiger charge is -2.10. The van der Waals surface area contributed by atoms with Gasteiger partial charge in [0.15, 0.2) is 0 Å². The summed E-state index contributed by atoms with van der Waals surface area (Å²) in [5.41, 5.74) is 1.14. The molecule has 0 amide bonds. The first kappa shape index (κ1) is 10.2. The molecule has 0 saturated carbocycles. The number of aldehydes is 1. The molecular weight excluding hydrogens is 180 g/mol. The molecule has 0 aliphatic rings. The number of carbonyl (C=O) groups excluding carboxylic acids is 1. The van der Waals surface area contributed by atoms with E-state index in [4.69, 9.17) is 4.42 Å². The Hall–Kier alpha value is -0.833. The van der Waals surface area contributed by atoms with E-state index < -0.39 is 8.07 Å². The topological polar surface area (TPSA) is 30.2 Å². The van der Waals surface area contributed by atoms with Gasteiger partial charge in [-0.05, 0) is 18.1 Å². The second-order valence-corrected chi connectivity index (χ2v) is 9.27. The summed E-state index contributed by atoms with van der Waals surface area (Å²) in [6, 6.07) is 2.09. The first-order valence-corrected chi connectivity index (χ1v) is 8.05. The lowest BCUT2D eigenvalue weighted by molar-refractivity contribution is -0.107. The monoisotopic (exact) mass is 196 g/mol. The highest BCUT2D eigenvalue weighted by Gasteiger charge is 2.20. The van der Waals surface area contributed by atoms with E-state index in [1.54, 1.807) is 6.26 Å². The Labute approximate surface area is 80.0 Å². The summed E-state index contributed by atoms with van der Waals surface area (Å²) >= 11 is 0. The number of hydrogen-bond donors (Lipinski definition) is 0. The Bertz CT molecular complexity index is 283. The SMILES string of the molecule is C[Si](C)(C)c1cc(CCC=O)co1. The molecule has 0 bridgehead atoms. The maximum atomic E-state index is 10.2. The van der Waals surface area contributed by atoms with Crippen LogP contribution in [0.5, 0.6) is 0 Å². The first-order valence-electron chi connectivity index (χ1n) is 4.55. The summed E-state index contributed by atoms with van der Waals surface area (Å²) in [5.74, 6) is 0. The molecule has 1 aromatic heterocycles. The van der Waals surface area contributed by atoms with Gasteiger partial charge in [-0.3, -0.25) is 0 Å². The summed E-state index contributed by atoms with van der Waals surface area (Å²) in [6.45, 7) is 6.74. The van der Waals surface area contributed by atoms with Crippen LogP contribution in [0.15, 0.2) is 16.7 Å². The minimum atomic E-state index is -1.31. The van der Waals surface area contributed by atoms with Crippen molar-refractivity contribution in [1.29, 1.82) is 0 Å². The summed E-state index contributed by atoms with van der Waals surface area (Å²) in [7, 11) is -1.31. The largest absolute Gasteiger partial charge is 0.474 e. The van der Waals surface area contributed by atoms with Gasteiger partial charge in [0.2, 0.25) is 0 Å². The third-order valence-corrected chi connectivity index (χ3v) is 3.68. The summed E-state index contributed by atoms with van der Waals surface area (Å²) in [6.07, 6.45) is 4.11. The first-order chi connectivity index (χ1) is 6.04. The summed E-state index contributed by atoms with van der Waals surface area (Å²) < 4.78 is 5.47. The van der Waals surface area contributed by atoms with Crippen LogP contribution in [-0.2, 0) is 11.2 Å². The van der Waals surface area contributed by atoms with Gasteiger partial charge in [0.05, 0.1) is 11.6 Å². The van der Waals surface area contributed by atoms with E-state index in [1.165, 1.54) is 0 Å². The standard InChI is InChI=1S/C10H16O2Si/c1-13(2,3)10-7-9(8-12-10)5-4-6-11/h6-8H,4-5H2,1-3H3. The molecule has 0 saturated heterocycles. The van der Waals surface area contributed by atoms with Crippen molar-refractivity contribution in [2.45, 2.75) is 32.5 Å². The summed E-state index contributed by atoms with van der Waals surface area (Å²) in [5, 5.41) is 1.12. The number of furan rings is 1. The highest BCUT2D eigenvalue weighted by atomic mass is 28.3. The van der Waals surface area contributed by atoms with E-state index in [-0.39, 0.29) is 0 Å². The van der Waals surface area contributed by atoms with Gasteiger partial charge >= 0.3 is 0 Å². The molecule has 0 aliphatic heterocycles. The fourth-order valence-corrected chi connectivity index (χ4v) is 2.16. The molecular formula is C10H16O2Si. The maximum Gasteiger partial charge on any atom is 0.123 e. The van der Waals surface area contributed by atoms with Crippen LogP contribution in [0.3, 0.4) is 0 Å². The summed E-state index contributed by atoms with van der Waals surface area (Å²) in [4.78, 5) is 10.2. The average molecular weight is 196 g/mol. The van der Waals surface area contributed by atoms with Gasteiger partial charge in [-0.25, -0.2) is 0 Å². The van der Waals surface area contributed by atoms with Crippen molar-refractivity contribution in [1.82, 2.24) is 0 Å². The van der Waals surface area contributed by atoms with E-state index >= 15 is 0 Å². The molecule has 13 heavy (non-hydrogen) atoms. The highest BCUT2D eigenvalue weighted by Crippen LogP contribution is 2.07. The molecule has 1 aromatic rings. The van der Waals surface area contributed by atoms with Crippen molar-refractivity contribution in [3.63, 3.8) is 0 Å². The zero-order chi connectivity index (χ0) is 9.90. The molecule has 0 aliphatic carbocycles. The molecule has 0 radical (unpaired) electrons. The van der Waals surface area contributed by atoms with Crippen LogP contribution in [0.4, 0.5) is 0 Å².